The zero-order valence-corrected chi connectivity index (χ0v) is 20.6. The molecule has 1 aromatic carbocycles. The first-order valence-corrected chi connectivity index (χ1v) is 11.2. The lowest BCUT2D eigenvalue weighted by atomic mass is 9.96. The normalized spacial score (nSPS) is 20.8. The number of nitrogens with zero attached hydrogens (tertiary/aromatic N) is 3. The number of nitrogens with two attached hydrogens (primary N) is 1. The van der Waals surface area contributed by atoms with Crippen molar-refractivity contribution in [3.8, 4) is 0 Å². The summed E-state index contributed by atoms with van der Waals surface area (Å²) in [7, 11) is 1.88. The Morgan fingerprint density at radius 2 is 1.87 bits per heavy atom. The largest absolute Gasteiger partial charge is 0.369 e. The van der Waals surface area contributed by atoms with Crippen molar-refractivity contribution in [1.29, 1.82) is 0 Å². The van der Waals surface area contributed by atoms with Gasteiger partial charge in [0.25, 0.3) is 0 Å². The lowest BCUT2D eigenvalue weighted by molar-refractivity contribution is -0.123. The van der Waals surface area contributed by atoms with Crippen LogP contribution < -0.4 is 11.1 Å². The molecule has 3 N–H and O–H groups in total. The molecule has 7 heteroatoms. The Morgan fingerprint density at radius 1 is 1.13 bits per heavy atom. The zero-order valence-electron chi connectivity index (χ0n) is 18.3. The van der Waals surface area contributed by atoms with Crippen LogP contribution in [0.2, 0.25) is 0 Å². The summed E-state index contributed by atoms with van der Waals surface area (Å²) in [6.07, 6.45) is 6.52. The second-order valence-electron chi connectivity index (χ2n) is 8.49. The van der Waals surface area contributed by atoms with Crippen LogP contribution in [0, 0.1) is 11.8 Å². The summed E-state index contributed by atoms with van der Waals surface area (Å²) >= 11 is 0. The van der Waals surface area contributed by atoms with Gasteiger partial charge in [0, 0.05) is 32.6 Å². The maximum Gasteiger partial charge on any atom is 0.220 e. The third-order valence-electron chi connectivity index (χ3n) is 6.34. The number of primary amides is 1. The Kier molecular flexibility index (Phi) is 10.9. The number of guanidine groups is 1. The van der Waals surface area contributed by atoms with Crippen LogP contribution in [0.3, 0.4) is 0 Å². The molecule has 2 heterocycles. The Balaban J connectivity index is 0.00000320. The smallest absolute Gasteiger partial charge is 0.220 e. The molecule has 1 aromatic rings. The number of carbonyl (C=O) groups excluding carboxylic acids is 1. The molecule has 2 aliphatic rings. The molecule has 6 nitrogen and oxygen atoms in total. The summed E-state index contributed by atoms with van der Waals surface area (Å²) < 4.78 is 0. The van der Waals surface area contributed by atoms with Crippen molar-refractivity contribution in [3.63, 3.8) is 0 Å². The number of nitrogens with one attached hydrogen (secondary N) is 1. The van der Waals surface area contributed by atoms with Gasteiger partial charge >= 0.3 is 0 Å². The van der Waals surface area contributed by atoms with Gasteiger partial charge in [0.1, 0.15) is 0 Å². The SMILES string of the molecule is CN=C(NCCCCN1CCC(C(N)=O)CC1)N1CCC(Cc2ccccc2)C1.I. The fourth-order valence-corrected chi connectivity index (χ4v) is 4.57. The maximum atomic E-state index is 11.3. The number of aliphatic imine (C=N–C) groups is 1. The van der Waals surface area contributed by atoms with Gasteiger partial charge in [0.05, 0.1) is 0 Å². The molecule has 0 saturated carbocycles. The maximum absolute atomic E-state index is 11.3. The molecule has 1 amide bonds. The van der Waals surface area contributed by atoms with Crippen molar-refractivity contribution in [1.82, 2.24) is 15.1 Å². The minimum atomic E-state index is -0.131. The van der Waals surface area contributed by atoms with Crippen molar-refractivity contribution in [2.24, 2.45) is 22.6 Å². The van der Waals surface area contributed by atoms with Crippen LogP contribution in [0.4, 0.5) is 0 Å². The predicted octanol–water partition coefficient (Wildman–Crippen LogP) is 2.72. The molecule has 2 saturated heterocycles. The Morgan fingerprint density at radius 3 is 2.53 bits per heavy atom. The van der Waals surface area contributed by atoms with Gasteiger partial charge in [-0.2, -0.15) is 0 Å². The van der Waals surface area contributed by atoms with Crippen LogP contribution in [-0.2, 0) is 11.2 Å². The third kappa shape index (κ3) is 7.72. The second-order valence-corrected chi connectivity index (χ2v) is 8.49. The summed E-state index contributed by atoms with van der Waals surface area (Å²) in [6.45, 7) is 6.24. The van der Waals surface area contributed by atoms with Crippen molar-refractivity contribution in [2.75, 3.05) is 46.3 Å². The van der Waals surface area contributed by atoms with E-state index in [1.807, 2.05) is 7.05 Å². The number of carbonyl (C=O) groups is 1. The van der Waals surface area contributed by atoms with E-state index in [4.69, 9.17) is 5.73 Å². The molecule has 0 aliphatic carbocycles. The lowest BCUT2D eigenvalue weighted by Gasteiger charge is -2.30. The van der Waals surface area contributed by atoms with Crippen LogP contribution >= 0.6 is 24.0 Å². The highest BCUT2D eigenvalue weighted by molar-refractivity contribution is 14.0. The Bertz CT molecular complexity index is 661. The number of hydrogen-bond donors (Lipinski definition) is 2. The van der Waals surface area contributed by atoms with Crippen LogP contribution in [-0.4, -0.2) is 68.0 Å². The van der Waals surface area contributed by atoms with Crippen molar-refractivity contribution < 1.29 is 4.79 Å². The van der Waals surface area contributed by atoms with E-state index >= 15 is 0 Å². The van der Waals surface area contributed by atoms with E-state index < -0.39 is 0 Å². The number of unbranched alkanes of at least 4 members (excludes halogenated alkanes) is 1. The first-order valence-electron chi connectivity index (χ1n) is 11.2. The van der Waals surface area contributed by atoms with Gasteiger partial charge in [-0.05, 0) is 69.6 Å². The van der Waals surface area contributed by atoms with Crippen LogP contribution in [0.15, 0.2) is 35.3 Å². The summed E-state index contributed by atoms with van der Waals surface area (Å²) in [5.74, 6) is 1.71. The quantitative estimate of drug-likeness (QED) is 0.236. The first-order chi connectivity index (χ1) is 14.2. The highest BCUT2D eigenvalue weighted by Gasteiger charge is 2.25. The lowest BCUT2D eigenvalue weighted by Crippen LogP contribution is -2.41. The minimum Gasteiger partial charge on any atom is -0.369 e. The Labute approximate surface area is 198 Å². The number of halogens is 1. The second kappa shape index (κ2) is 13.1. The molecule has 0 spiro atoms. The molecule has 0 radical (unpaired) electrons. The fraction of sp³-hybridized carbons (Fsp3) is 0.652. The summed E-state index contributed by atoms with van der Waals surface area (Å²) in [5.41, 5.74) is 6.84. The molecule has 0 bridgehead atoms. The zero-order chi connectivity index (χ0) is 20.5. The van der Waals surface area contributed by atoms with E-state index in [1.54, 1.807) is 0 Å². The molecule has 168 valence electrons. The molecular weight excluding hydrogens is 489 g/mol. The molecule has 2 fully saturated rings. The summed E-state index contributed by atoms with van der Waals surface area (Å²) in [4.78, 5) is 20.6. The van der Waals surface area contributed by atoms with Crippen LogP contribution in [0.1, 0.15) is 37.7 Å². The summed E-state index contributed by atoms with van der Waals surface area (Å²) in [6, 6.07) is 10.8. The van der Waals surface area contributed by atoms with E-state index in [9.17, 15) is 4.79 Å². The Hall–Kier alpha value is -1.35. The molecule has 2 aliphatic heterocycles. The number of amides is 1. The molecule has 3 rings (SSSR count). The van der Waals surface area contributed by atoms with Crippen molar-refractivity contribution >= 4 is 35.8 Å². The topological polar surface area (TPSA) is 74.0 Å². The highest BCUT2D eigenvalue weighted by atomic mass is 127. The van der Waals surface area contributed by atoms with E-state index in [0.29, 0.717) is 5.92 Å². The molecule has 0 aromatic heterocycles. The molecule has 30 heavy (non-hydrogen) atoms. The van der Waals surface area contributed by atoms with E-state index in [-0.39, 0.29) is 35.8 Å². The number of hydrogen-bond acceptors (Lipinski definition) is 3. The van der Waals surface area contributed by atoms with Gasteiger partial charge in [-0.15, -0.1) is 24.0 Å². The minimum absolute atomic E-state index is 0. The fourth-order valence-electron chi connectivity index (χ4n) is 4.57. The van der Waals surface area contributed by atoms with E-state index in [0.717, 1.165) is 70.9 Å². The van der Waals surface area contributed by atoms with Crippen molar-refractivity contribution in [3.05, 3.63) is 35.9 Å². The molecule has 1 atom stereocenters. The first kappa shape index (κ1) is 24.9. The van der Waals surface area contributed by atoms with Gasteiger partial charge in [0.2, 0.25) is 5.91 Å². The molecular formula is C23H38IN5O. The number of rotatable bonds is 8. The third-order valence-corrected chi connectivity index (χ3v) is 6.34. The van der Waals surface area contributed by atoms with E-state index in [1.165, 1.54) is 18.4 Å². The van der Waals surface area contributed by atoms with Crippen LogP contribution in [0.25, 0.3) is 0 Å². The predicted molar refractivity (Wildman–Crippen MR) is 134 cm³/mol. The van der Waals surface area contributed by atoms with Crippen molar-refractivity contribution in [2.45, 2.75) is 38.5 Å². The summed E-state index contributed by atoms with van der Waals surface area (Å²) in [5, 5.41) is 3.55. The monoisotopic (exact) mass is 527 g/mol. The highest BCUT2D eigenvalue weighted by Crippen LogP contribution is 2.21. The van der Waals surface area contributed by atoms with E-state index in [2.05, 4.69) is 50.4 Å². The van der Waals surface area contributed by atoms with Gasteiger partial charge in [-0.1, -0.05) is 30.3 Å². The van der Waals surface area contributed by atoms with Gasteiger partial charge in [-0.3, -0.25) is 9.79 Å². The van der Waals surface area contributed by atoms with Gasteiger partial charge < -0.3 is 20.9 Å². The van der Waals surface area contributed by atoms with Gasteiger partial charge in [-0.25, -0.2) is 0 Å². The number of benzene rings is 1. The number of likely N-dealkylation sites (tertiary alicyclic amines) is 2. The van der Waals surface area contributed by atoms with Crippen LogP contribution in [0.5, 0.6) is 0 Å². The number of piperidine rings is 1. The standard InChI is InChI=1S/C23H37N5O.HI/c1-25-23(28-16-9-20(18-28)17-19-7-3-2-4-8-19)26-12-5-6-13-27-14-10-21(11-15-27)22(24)29;/h2-4,7-8,20-21H,5-6,9-18H2,1H3,(H2,24,29)(H,25,26);1H. The molecule has 1 unspecified atom stereocenters. The average molecular weight is 527 g/mol. The van der Waals surface area contributed by atoms with Gasteiger partial charge in [0.15, 0.2) is 5.96 Å². The average Bonchev–Trinajstić information content (AvgIpc) is 3.20.